The Bertz CT molecular complexity index is 648. The summed E-state index contributed by atoms with van der Waals surface area (Å²) < 4.78 is 0. The van der Waals surface area contributed by atoms with E-state index >= 15 is 0 Å². The summed E-state index contributed by atoms with van der Waals surface area (Å²) in [4.78, 5) is 19.0. The molecule has 5 heteroatoms. The number of rotatable bonds is 5. The lowest BCUT2D eigenvalue weighted by Gasteiger charge is -2.28. The molecule has 3 rings (SSSR count). The minimum atomic E-state index is 0.105. The van der Waals surface area contributed by atoms with Crippen molar-refractivity contribution in [2.45, 2.75) is 45.6 Å². The third-order valence-electron chi connectivity index (χ3n) is 4.86. The maximum Gasteiger partial charge on any atom is 0.226 e. The highest BCUT2D eigenvalue weighted by molar-refractivity contribution is 5.80. The van der Waals surface area contributed by atoms with E-state index in [0.29, 0.717) is 0 Å². The summed E-state index contributed by atoms with van der Waals surface area (Å²) in [6.45, 7) is 5.03. The molecule has 0 saturated carbocycles. The maximum absolute atomic E-state index is 12.8. The third kappa shape index (κ3) is 3.00. The molecule has 3 heterocycles. The van der Waals surface area contributed by atoms with Crippen LogP contribution in [0.2, 0.25) is 0 Å². The molecular weight excluding hydrogens is 288 g/mol. The van der Waals surface area contributed by atoms with Crippen LogP contribution in [-0.4, -0.2) is 32.5 Å². The minimum absolute atomic E-state index is 0.105. The first-order valence-electron chi connectivity index (χ1n) is 8.50. The van der Waals surface area contributed by atoms with Gasteiger partial charge in [0.2, 0.25) is 5.91 Å². The van der Waals surface area contributed by atoms with Gasteiger partial charge in [-0.3, -0.25) is 14.9 Å². The molecule has 23 heavy (non-hydrogen) atoms. The number of pyridine rings is 1. The molecule has 1 aliphatic rings. The number of hydrogen-bond acceptors (Lipinski definition) is 3. The molecule has 1 aliphatic heterocycles. The molecule has 0 aliphatic carbocycles. The number of amides is 1. The Labute approximate surface area is 137 Å². The van der Waals surface area contributed by atoms with Crippen LogP contribution in [-0.2, 0) is 4.79 Å². The number of H-pyrrole nitrogens is 1. The van der Waals surface area contributed by atoms with E-state index in [4.69, 9.17) is 0 Å². The monoisotopic (exact) mass is 312 g/mol. The Morgan fingerprint density at radius 2 is 2.09 bits per heavy atom. The topological polar surface area (TPSA) is 61.9 Å². The molecule has 0 aromatic carbocycles. The summed E-state index contributed by atoms with van der Waals surface area (Å²) in [5, 5.41) is 7.38. The summed E-state index contributed by atoms with van der Waals surface area (Å²) in [6, 6.07) is 4.07. The summed E-state index contributed by atoms with van der Waals surface area (Å²) in [5.74, 6) is 0.413. The molecule has 0 radical (unpaired) electrons. The first-order chi connectivity index (χ1) is 11.3. The van der Waals surface area contributed by atoms with Crippen LogP contribution in [0.15, 0.2) is 30.7 Å². The average molecular weight is 312 g/mol. The zero-order valence-corrected chi connectivity index (χ0v) is 13.8. The number of likely N-dealkylation sites (tertiary alicyclic amines) is 1. The average Bonchev–Trinajstić information content (AvgIpc) is 3.25. The first kappa shape index (κ1) is 15.7. The van der Waals surface area contributed by atoms with Gasteiger partial charge in [0.25, 0.3) is 0 Å². The quantitative estimate of drug-likeness (QED) is 0.918. The largest absolute Gasteiger partial charge is 0.334 e. The molecule has 0 unspecified atom stereocenters. The van der Waals surface area contributed by atoms with Gasteiger partial charge in [-0.05, 0) is 43.4 Å². The van der Waals surface area contributed by atoms with Crippen LogP contribution in [0.5, 0.6) is 0 Å². The van der Waals surface area contributed by atoms with Crippen molar-refractivity contribution >= 4 is 5.91 Å². The zero-order valence-electron chi connectivity index (χ0n) is 13.8. The Kier molecular flexibility index (Phi) is 4.74. The van der Waals surface area contributed by atoms with Crippen molar-refractivity contribution in [3.05, 3.63) is 36.4 Å². The van der Waals surface area contributed by atoms with Crippen molar-refractivity contribution < 1.29 is 4.79 Å². The third-order valence-corrected chi connectivity index (χ3v) is 4.86. The van der Waals surface area contributed by atoms with Gasteiger partial charge in [-0.2, -0.15) is 5.10 Å². The summed E-state index contributed by atoms with van der Waals surface area (Å²) in [5.41, 5.74) is 3.21. The Hall–Kier alpha value is -2.17. The van der Waals surface area contributed by atoms with Gasteiger partial charge in [0.1, 0.15) is 0 Å². The molecule has 1 amide bonds. The fourth-order valence-electron chi connectivity index (χ4n) is 3.51. The Morgan fingerprint density at radius 3 is 2.78 bits per heavy atom. The molecule has 122 valence electrons. The van der Waals surface area contributed by atoms with Gasteiger partial charge in [-0.15, -0.1) is 0 Å². The lowest BCUT2D eigenvalue weighted by Crippen LogP contribution is -2.35. The Morgan fingerprint density at radius 1 is 1.35 bits per heavy atom. The predicted molar refractivity (Wildman–Crippen MR) is 89.6 cm³/mol. The van der Waals surface area contributed by atoms with Crippen molar-refractivity contribution in [3.8, 4) is 11.1 Å². The number of nitrogens with one attached hydrogen (secondary N) is 1. The molecule has 5 nitrogen and oxygen atoms in total. The van der Waals surface area contributed by atoms with E-state index < -0.39 is 0 Å². The van der Waals surface area contributed by atoms with E-state index in [1.54, 1.807) is 12.4 Å². The molecule has 1 saturated heterocycles. The van der Waals surface area contributed by atoms with Crippen molar-refractivity contribution in [1.29, 1.82) is 0 Å². The highest BCUT2D eigenvalue weighted by atomic mass is 16.2. The maximum atomic E-state index is 12.8. The molecular formula is C18H24N4O. The fraction of sp³-hybridized carbons (Fsp3) is 0.500. The first-order valence-corrected chi connectivity index (χ1v) is 8.50. The normalized spacial score (nSPS) is 17.9. The second kappa shape index (κ2) is 6.94. The second-order valence-electron chi connectivity index (χ2n) is 6.14. The molecule has 1 N–H and O–H groups in total. The second-order valence-corrected chi connectivity index (χ2v) is 6.14. The fourth-order valence-corrected chi connectivity index (χ4v) is 3.51. The van der Waals surface area contributed by atoms with Gasteiger partial charge in [0.05, 0.1) is 17.9 Å². The van der Waals surface area contributed by atoms with E-state index in [2.05, 4.69) is 33.9 Å². The number of aromatic nitrogens is 3. The van der Waals surface area contributed by atoms with Gasteiger partial charge < -0.3 is 4.90 Å². The van der Waals surface area contributed by atoms with Crippen LogP contribution in [0, 0.1) is 5.92 Å². The summed E-state index contributed by atoms with van der Waals surface area (Å²) in [7, 11) is 0. The summed E-state index contributed by atoms with van der Waals surface area (Å²) >= 11 is 0. The van der Waals surface area contributed by atoms with E-state index in [1.807, 2.05) is 18.3 Å². The number of carbonyl (C=O) groups excluding carboxylic acids is 1. The van der Waals surface area contributed by atoms with E-state index in [9.17, 15) is 4.79 Å². The lowest BCUT2D eigenvalue weighted by molar-refractivity contribution is -0.136. The molecule has 2 aromatic heterocycles. The van der Waals surface area contributed by atoms with Crippen LogP contribution in [0.1, 0.15) is 51.3 Å². The highest BCUT2D eigenvalue weighted by Gasteiger charge is 2.34. The van der Waals surface area contributed by atoms with Crippen LogP contribution in [0.3, 0.4) is 0 Å². The van der Waals surface area contributed by atoms with E-state index in [-0.39, 0.29) is 17.9 Å². The molecule has 1 fully saturated rings. The summed E-state index contributed by atoms with van der Waals surface area (Å²) in [6.07, 6.45) is 9.26. The van der Waals surface area contributed by atoms with Crippen LogP contribution < -0.4 is 0 Å². The molecule has 1 atom stereocenters. The standard InChI is InChI=1S/C18H24N4O/c1-3-13(4-2)18(23)22-11-5-6-16(22)17-15(12-20-21-17)14-7-9-19-10-8-14/h7-10,12-13,16H,3-6,11H2,1-2H3,(H,20,21)/t16-/m0/s1. The van der Waals surface area contributed by atoms with Crippen molar-refractivity contribution in [2.75, 3.05) is 6.54 Å². The zero-order chi connectivity index (χ0) is 16.2. The predicted octanol–water partition coefficient (Wildman–Crippen LogP) is 3.57. The Balaban J connectivity index is 1.90. The van der Waals surface area contributed by atoms with Gasteiger partial charge in [0.15, 0.2) is 0 Å². The van der Waals surface area contributed by atoms with Crippen molar-refractivity contribution in [3.63, 3.8) is 0 Å². The molecule has 0 spiro atoms. The van der Waals surface area contributed by atoms with Gasteiger partial charge in [0, 0.05) is 30.4 Å². The van der Waals surface area contributed by atoms with E-state index in [1.165, 1.54) is 0 Å². The van der Waals surface area contributed by atoms with Crippen molar-refractivity contribution in [2.24, 2.45) is 5.92 Å². The van der Waals surface area contributed by atoms with Crippen LogP contribution in [0.4, 0.5) is 0 Å². The van der Waals surface area contributed by atoms with Crippen LogP contribution >= 0.6 is 0 Å². The minimum Gasteiger partial charge on any atom is -0.334 e. The van der Waals surface area contributed by atoms with Crippen LogP contribution in [0.25, 0.3) is 11.1 Å². The van der Waals surface area contributed by atoms with Crippen molar-refractivity contribution in [1.82, 2.24) is 20.1 Å². The molecule has 2 aromatic rings. The van der Waals surface area contributed by atoms with E-state index in [0.717, 1.165) is 49.0 Å². The van der Waals surface area contributed by atoms with Gasteiger partial charge in [-0.1, -0.05) is 13.8 Å². The van der Waals surface area contributed by atoms with Gasteiger partial charge in [-0.25, -0.2) is 0 Å². The molecule has 0 bridgehead atoms. The SMILES string of the molecule is CCC(CC)C(=O)N1CCC[C@H]1c1[nH]ncc1-c1ccncc1. The van der Waals surface area contributed by atoms with Gasteiger partial charge >= 0.3 is 0 Å². The highest BCUT2D eigenvalue weighted by Crippen LogP contribution is 2.37. The number of aromatic amines is 1. The number of carbonyl (C=O) groups is 1. The number of nitrogens with zero attached hydrogens (tertiary/aromatic N) is 3. The smallest absolute Gasteiger partial charge is 0.226 e. The lowest BCUT2D eigenvalue weighted by atomic mass is 9.98. The number of hydrogen-bond donors (Lipinski definition) is 1.